The number of primary amides is 1. The third-order valence-corrected chi connectivity index (χ3v) is 6.13. The number of hydrogen-bond acceptors (Lipinski definition) is 8. The van der Waals surface area contributed by atoms with Crippen molar-refractivity contribution in [3.05, 3.63) is 29.3 Å². The molecule has 1 heterocycles. The van der Waals surface area contributed by atoms with Gasteiger partial charge in [0, 0.05) is 31.1 Å². The van der Waals surface area contributed by atoms with Crippen LogP contribution in [0.3, 0.4) is 0 Å². The molecule has 10 nitrogen and oxygen atoms in total. The summed E-state index contributed by atoms with van der Waals surface area (Å²) in [6.07, 6.45) is 2.93. The summed E-state index contributed by atoms with van der Waals surface area (Å²) in [5.41, 5.74) is 5.99. The molecule has 11 heteroatoms. The van der Waals surface area contributed by atoms with Gasteiger partial charge in [0.2, 0.25) is 11.8 Å². The number of aliphatic hydroxyl groups is 2. The van der Waals surface area contributed by atoms with Crippen molar-refractivity contribution in [2.45, 2.75) is 56.8 Å². The van der Waals surface area contributed by atoms with E-state index in [-0.39, 0.29) is 29.7 Å². The smallest absolute Gasteiger partial charge is 0.534 e. The van der Waals surface area contributed by atoms with E-state index >= 15 is 0 Å². The molecule has 3 rings (SSSR count). The molecule has 0 unspecified atom stereocenters. The predicted octanol–water partition coefficient (Wildman–Crippen LogP) is -1.28. The van der Waals surface area contributed by atoms with Gasteiger partial charge < -0.3 is 41.6 Å². The van der Waals surface area contributed by atoms with Crippen LogP contribution in [0.5, 0.6) is 5.75 Å². The largest absolute Gasteiger partial charge is 0.547 e. The Labute approximate surface area is 188 Å². The minimum Gasteiger partial charge on any atom is -0.534 e. The summed E-state index contributed by atoms with van der Waals surface area (Å²) in [6, 6.07) is 5.40. The molecule has 1 atom stereocenters. The Morgan fingerprint density at radius 2 is 1.94 bits per heavy atom. The highest BCUT2D eigenvalue weighted by Crippen LogP contribution is 2.33. The number of fused-ring (bicyclic) bond motifs is 1. The van der Waals surface area contributed by atoms with Gasteiger partial charge in [0.15, 0.2) is 6.29 Å². The van der Waals surface area contributed by atoms with E-state index in [0.29, 0.717) is 36.9 Å². The van der Waals surface area contributed by atoms with E-state index in [1.807, 2.05) is 0 Å². The highest BCUT2D eigenvalue weighted by Gasteiger charge is 2.37. The topological polar surface area (TPSA) is 166 Å². The number of amides is 2. The Hall–Kier alpha value is -2.18. The van der Waals surface area contributed by atoms with Crippen LogP contribution in [0, 0.1) is 5.92 Å². The first-order chi connectivity index (χ1) is 15.3. The molecule has 2 amide bonds. The van der Waals surface area contributed by atoms with Crippen LogP contribution in [0.4, 0.5) is 0 Å². The van der Waals surface area contributed by atoms with Crippen molar-refractivity contribution in [3.63, 3.8) is 0 Å². The lowest BCUT2D eigenvalue weighted by Gasteiger charge is -2.31. The summed E-state index contributed by atoms with van der Waals surface area (Å²) in [5, 5.41) is 38.6. The summed E-state index contributed by atoms with van der Waals surface area (Å²) >= 11 is 0. The molecule has 32 heavy (non-hydrogen) atoms. The van der Waals surface area contributed by atoms with Gasteiger partial charge in [-0.2, -0.15) is 0 Å². The summed E-state index contributed by atoms with van der Waals surface area (Å²) in [4.78, 5) is 23.3. The molecule has 8 N–H and O–H groups in total. The van der Waals surface area contributed by atoms with Crippen molar-refractivity contribution >= 4 is 18.9 Å². The van der Waals surface area contributed by atoms with Gasteiger partial charge in [-0.1, -0.05) is 18.2 Å². The van der Waals surface area contributed by atoms with Crippen molar-refractivity contribution in [1.29, 1.82) is 0 Å². The average molecular weight is 448 g/mol. The van der Waals surface area contributed by atoms with E-state index in [4.69, 9.17) is 10.4 Å². The normalized spacial score (nSPS) is 22.9. The van der Waals surface area contributed by atoms with Gasteiger partial charge in [-0.15, -0.1) is 0 Å². The van der Waals surface area contributed by atoms with Crippen LogP contribution in [0.15, 0.2) is 18.2 Å². The number of nitrogens with two attached hydrogens (primary N) is 1. The van der Waals surface area contributed by atoms with Crippen molar-refractivity contribution in [2.75, 3.05) is 19.6 Å². The zero-order chi connectivity index (χ0) is 23.1. The van der Waals surface area contributed by atoms with Crippen LogP contribution in [-0.2, 0) is 16.0 Å². The first kappa shape index (κ1) is 24.5. The molecule has 1 aromatic rings. The third-order valence-electron chi connectivity index (χ3n) is 6.13. The lowest BCUT2D eigenvalue weighted by molar-refractivity contribution is -0.122. The van der Waals surface area contributed by atoms with Gasteiger partial charge in [-0.3, -0.25) is 9.59 Å². The van der Waals surface area contributed by atoms with E-state index in [2.05, 4.69) is 16.0 Å². The molecule has 0 aromatic heterocycles. The second-order valence-electron chi connectivity index (χ2n) is 8.61. The Kier molecular flexibility index (Phi) is 8.88. The summed E-state index contributed by atoms with van der Waals surface area (Å²) in [7, 11) is -1.26. The number of hydrogen-bond donors (Lipinski definition) is 7. The standard InChI is InChI=1S/C21H33BN4O6/c23-18(27)12-24-8-9-25-15-6-4-13(5-7-15)10-19(28)26-17-11-14-2-1-3-16(21(29)30)20(14)32-22(17)31/h1-3,13,15,17,21,24-25,29-31H,4-12H2,(H2,23,27)(H,26,28)/t13?,15?,17-/m0/s1. The summed E-state index contributed by atoms with van der Waals surface area (Å²) < 4.78 is 5.49. The molecule has 2 aliphatic rings. The van der Waals surface area contributed by atoms with Crippen LogP contribution in [0.25, 0.3) is 0 Å². The average Bonchev–Trinajstić information content (AvgIpc) is 2.74. The molecular weight excluding hydrogens is 415 g/mol. The van der Waals surface area contributed by atoms with Crippen LogP contribution in [0.2, 0.25) is 0 Å². The molecule has 1 aliphatic heterocycles. The number of carbonyl (C=O) groups excluding carboxylic acids is 2. The highest BCUT2D eigenvalue weighted by molar-refractivity contribution is 6.46. The second-order valence-corrected chi connectivity index (χ2v) is 8.61. The van der Waals surface area contributed by atoms with Gasteiger partial charge in [-0.25, -0.2) is 0 Å². The van der Waals surface area contributed by atoms with E-state index in [0.717, 1.165) is 32.2 Å². The van der Waals surface area contributed by atoms with Gasteiger partial charge in [0.05, 0.1) is 12.5 Å². The van der Waals surface area contributed by atoms with E-state index in [1.54, 1.807) is 12.1 Å². The summed E-state index contributed by atoms with van der Waals surface area (Å²) in [6.45, 7) is 1.62. The fraction of sp³-hybridized carbons (Fsp3) is 0.619. The molecule has 0 bridgehead atoms. The van der Waals surface area contributed by atoms with Gasteiger partial charge in [0.25, 0.3) is 0 Å². The maximum Gasteiger partial charge on any atom is 0.547 e. The first-order valence-corrected chi connectivity index (χ1v) is 11.2. The Morgan fingerprint density at radius 3 is 2.62 bits per heavy atom. The van der Waals surface area contributed by atoms with Gasteiger partial charge >= 0.3 is 7.12 Å². The molecule has 0 spiro atoms. The Morgan fingerprint density at radius 1 is 1.19 bits per heavy atom. The maximum absolute atomic E-state index is 12.6. The van der Waals surface area contributed by atoms with Gasteiger partial charge in [0.1, 0.15) is 5.75 Å². The number of nitrogens with one attached hydrogen (secondary N) is 3. The van der Waals surface area contributed by atoms with Crippen molar-refractivity contribution in [3.8, 4) is 5.75 Å². The maximum atomic E-state index is 12.6. The molecule has 1 aliphatic carbocycles. The number of aliphatic hydroxyl groups excluding tert-OH is 1. The lowest BCUT2D eigenvalue weighted by atomic mass is 9.72. The fourth-order valence-electron chi connectivity index (χ4n) is 4.45. The Balaban J connectivity index is 1.39. The zero-order valence-electron chi connectivity index (χ0n) is 18.1. The van der Waals surface area contributed by atoms with Crippen LogP contribution in [0.1, 0.15) is 49.5 Å². The first-order valence-electron chi connectivity index (χ1n) is 11.2. The van der Waals surface area contributed by atoms with E-state index in [1.165, 1.54) is 6.07 Å². The lowest BCUT2D eigenvalue weighted by Crippen LogP contribution is -2.53. The minimum absolute atomic E-state index is 0.119. The fourth-order valence-corrected chi connectivity index (χ4v) is 4.45. The van der Waals surface area contributed by atoms with Crippen LogP contribution in [-0.4, -0.2) is 65.8 Å². The predicted molar refractivity (Wildman–Crippen MR) is 118 cm³/mol. The third kappa shape index (κ3) is 6.91. The quantitative estimate of drug-likeness (QED) is 0.132. The molecule has 1 fully saturated rings. The molecule has 176 valence electrons. The molecule has 1 saturated carbocycles. The van der Waals surface area contributed by atoms with Gasteiger partial charge in [-0.05, 0) is 43.6 Å². The van der Waals surface area contributed by atoms with E-state index in [9.17, 15) is 24.8 Å². The molecule has 0 saturated heterocycles. The minimum atomic E-state index is -1.70. The van der Waals surface area contributed by atoms with Crippen LogP contribution >= 0.6 is 0 Å². The van der Waals surface area contributed by atoms with Crippen LogP contribution < -0.4 is 26.3 Å². The van der Waals surface area contributed by atoms with Crippen molar-refractivity contribution in [1.82, 2.24) is 16.0 Å². The summed E-state index contributed by atoms with van der Waals surface area (Å²) in [5.74, 6) is -0.519. The molecule has 1 aromatic carbocycles. The van der Waals surface area contributed by atoms with Crippen molar-refractivity contribution in [2.24, 2.45) is 11.7 Å². The SMILES string of the molecule is NC(=O)CNCCNC1CCC(CC(=O)N[C@H]2Cc3cccc(C(O)O)c3OB2O)CC1. The highest BCUT2D eigenvalue weighted by atomic mass is 16.5. The molecular formula is C21H33BN4O6. The number of rotatable bonds is 10. The number of para-hydroxylation sites is 1. The van der Waals surface area contributed by atoms with Crippen molar-refractivity contribution < 1.29 is 29.5 Å². The van der Waals surface area contributed by atoms with E-state index < -0.39 is 19.3 Å². The second kappa shape index (κ2) is 11.6. The number of carbonyl (C=O) groups is 2. The molecule has 0 radical (unpaired) electrons. The monoisotopic (exact) mass is 448 g/mol. The number of benzene rings is 1. The Bertz CT molecular complexity index is 788. The zero-order valence-corrected chi connectivity index (χ0v) is 18.1.